The third-order valence-electron chi connectivity index (χ3n) is 5.79. The second-order valence-electron chi connectivity index (χ2n) is 7.62. The molecule has 5 heteroatoms. The molecule has 0 unspecified atom stereocenters. The number of hydrogen-bond donors (Lipinski definition) is 0. The van der Waals surface area contributed by atoms with Crippen molar-refractivity contribution in [2.75, 3.05) is 39.5 Å². The highest BCUT2D eigenvalue weighted by molar-refractivity contribution is 7.88. The molecule has 1 aromatic carbocycles. The number of sulfonamides is 1. The Morgan fingerprint density at radius 3 is 2.46 bits per heavy atom. The van der Waals surface area contributed by atoms with Crippen LogP contribution in [0.3, 0.4) is 0 Å². The zero-order chi connectivity index (χ0) is 17.2. The number of nitrogens with zero attached hydrogens (tertiary/aromatic N) is 2. The zero-order valence-corrected chi connectivity index (χ0v) is 15.7. The van der Waals surface area contributed by atoms with E-state index in [9.17, 15) is 8.42 Å². The van der Waals surface area contributed by atoms with E-state index < -0.39 is 10.0 Å². The van der Waals surface area contributed by atoms with Gasteiger partial charge in [-0.05, 0) is 62.1 Å². The lowest BCUT2D eigenvalue weighted by Gasteiger charge is -2.32. The van der Waals surface area contributed by atoms with Crippen molar-refractivity contribution in [3.05, 3.63) is 35.9 Å². The molecule has 1 heterocycles. The summed E-state index contributed by atoms with van der Waals surface area (Å²) in [6.07, 6.45) is 6.54. The van der Waals surface area contributed by atoms with Crippen molar-refractivity contribution in [3.8, 4) is 0 Å². The van der Waals surface area contributed by atoms with Crippen LogP contribution in [0.2, 0.25) is 0 Å². The molecule has 1 saturated carbocycles. The number of hydrogen-bond acceptors (Lipinski definition) is 3. The van der Waals surface area contributed by atoms with E-state index >= 15 is 0 Å². The largest absolute Gasteiger partial charge is 0.302 e. The molecule has 0 N–H and O–H groups in total. The Labute approximate surface area is 146 Å². The molecular weight excluding hydrogens is 320 g/mol. The number of likely N-dealkylation sites (N-methyl/N-ethyl adjacent to an activating group) is 1. The number of piperidine rings is 1. The maximum absolute atomic E-state index is 11.4. The predicted octanol–water partition coefficient (Wildman–Crippen LogP) is 2.78. The van der Waals surface area contributed by atoms with Gasteiger partial charge in [-0.3, -0.25) is 0 Å². The van der Waals surface area contributed by atoms with Crippen molar-refractivity contribution < 1.29 is 8.42 Å². The lowest BCUT2D eigenvalue weighted by molar-refractivity contribution is 0.169. The first-order chi connectivity index (χ1) is 11.4. The third-order valence-corrected chi connectivity index (χ3v) is 7.11. The van der Waals surface area contributed by atoms with Gasteiger partial charge in [0.2, 0.25) is 10.0 Å². The maximum atomic E-state index is 11.4. The standard InChI is InChI=1S/C19H30N2O2S/c1-20(24(2,22)23)12-13-21-10-8-16(9-11-21)14-18-15-19(18)17-6-4-3-5-7-17/h3-7,16,18-19H,8-15H2,1-2H3/t18-,19+/m1/s1. The molecule has 2 fully saturated rings. The summed E-state index contributed by atoms with van der Waals surface area (Å²) in [7, 11) is -1.38. The molecule has 1 aliphatic heterocycles. The minimum atomic E-state index is -3.05. The van der Waals surface area contributed by atoms with Crippen LogP contribution in [-0.2, 0) is 10.0 Å². The summed E-state index contributed by atoms with van der Waals surface area (Å²) in [6.45, 7) is 3.69. The van der Waals surface area contributed by atoms with Crippen molar-refractivity contribution in [1.82, 2.24) is 9.21 Å². The van der Waals surface area contributed by atoms with Gasteiger partial charge in [-0.15, -0.1) is 0 Å². The molecule has 0 spiro atoms. The zero-order valence-electron chi connectivity index (χ0n) is 14.9. The van der Waals surface area contributed by atoms with Crippen LogP contribution < -0.4 is 0 Å². The van der Waals surface area contributed by atoms with Crippen molar-refractivity contribution in [2.24, 2.45) is 11.8 Å². The topological polar surface area (TPSA) is 40.6 Å². The Bertz CT molecular complexity index is 624. The van der Waals surface area contributed by atoms with Crippen LogP contribution in [0, 0.1) is 11.8 Å². The fourth-order valence-corrected chi connectivity index (χ4v) is 4.35. The van der Waals surface area contributed by atoms with Crippen LogP contribution >= 0.6 is 0 Å². The third kappa shape index (κ3) is 4.80. The van der Waals surface area contributed by atoms with Gasteiger partial charge in [-0.1, -0.05) is 30.3 Å². The van der Waals surface area contributed by atoms with Gasteiger partial charge < -0.3 is 4.90 Å². The fraction of sp³-hybridized carbons (Fsp3) is 0.684. The van der Waals surface area contributed by atoms with E-state index in [1.807, 2.05) is 0 Å². The summed E-state index contributed by atoms with van der Waals surface area (Å²) in [5, 5.41) is 0. The average Bonchev–Trinajstić information content (AvgIpc) is 3.33. The molecule has 3 rings (SSSR count). The SMILES string of the molecule is CN(CCN1CCC(C[C@@H]2C[C@H]2c2ccccc2)CC1)S(C)(=O)=O. The van der Waals surface area contributed by atoms with Crippen LogP contribution in [-0.4, -0.2) is 57.1 Å². The first kappa shape index (κ1) is 17.9. The second kappa shape index (κ2) is 7.54. The van der Waals surface area contributed by atoms with Gasteiger partial charge in [0.15, 0.2) is 0 Å². The molecule has 1 aromatic rings. The Morgan fingerprint density at radius 1 is 1.17 bits per heavy atom. The molecule has 0 radical (unpaired) electrons. The molecule has 0 amide bonds. The molecule has 2 atom stereocenters. The van der Waals surface area contributed by atoms with Crippen molar-refractivity contribution in [1.29, 1.82) is 0 Å². The highest BCUT2D eigenvalue weighted by Gasteiger charge is 2.39. The fourth-order valence-electron chi connectivity index (χ4n) is 3.94. The highest BCUT2D eigenvalue weighted by atomic mass is 32.2. The molecule has 24 heavy (non-hydrogen) atoms. The van der Waals surface area contributed by atoms with Crippen LogP contribution in [0.25, 0.3) is 0 Å². The predicted molar refractivity (Wildman–Crippen MR) is 98.5 cm³/mol. The Hall–Kier alpha value is -0.910. The molecule has 134 valence electrons. The second-order valence-corrected chi connectivity index (χ2v) is 9.71. The summed E-state index contributed by atoms with van der Waals surface area (Å²) < 4.78 is 24.3. The monoisotopic (exact) mass is 350 g/mol. The summed E-state index contributed by atoms with van der Waals surface area (Å²) in [6, 6.07) is 10.9. The van der Waals surface area contributed by atoms with Crippen molar-refractivity contribution in [2.45, 2.75) is 31.6 Å². The van der Waals surface area contributed by atoms with Gasteiger partial charge in [0.25, 0.3) is 0 Å². The first-order valence-corrected chi connectivity index (χ1v) is 11.0. The molecule has 0 bridgehead atoms. The van der Waals surface area contributed by atoms with Crippen LogP contribution in [0.4, 0.5) is 0 Å². The van der Waals surface area contributed by atoms with Crippen LogP contribution in [0.5, 0.6) is 0 Å². The average molecular weight is 351 g/mol. The Kier molecular flexibility index (Phi) is 5.63. The molecule has 0 aromatic heterocycles. The number of benzene rings is 1. The van der Waals surface area contributed by atoms with E-state index in [1.165, 1.54) is 41.8 Å². The minimum absolute atomic E-state index is 0.599. The van der Waals surface area contributed by atoms with E-state index in [0.717, 1.165) is 37.4 Å². The molecule has 2 aliphatic rings. The van der Waals surface area contributed by atoms with E-state index in [4.69, 9.17) is 0 Å². The normalized spacial score (nSPS) is 26.0. The van der Waals surface area contributed by atoms with E-state index in [0.29, 0.717) is 6.54 Å². The first-order valence-electron chi connectivity index (χ1n) is 9.12. The Morgan fingerprint density at radius 2 is 1.83 bits per heavy atom. The lowest BCUT2D eigenvalue weighted by Crippen LogP contribution is -2.40. The van der Waals surface area contributed by atoms with Gasteiger partial charge in [0.1, 0.15) is 0 Å². The molecular formula is C19H30N2O2S. The highest BCUT2D eigenvalue weighted by Crippen LogP contribution is 2.51. The summed E-state index contributed by atoms with van der Waals surface area (Å²) in [5.41, 5.74) is 1.52. The van der Waals surface area contributed by atoms with Crippen molar-refractivity contribution in [3.63, 3.8) is 0 Å². The maximum Gasteiger partial charge on any atom is 0.210 e. The number of likely N-dealkylation sites (tertiary alicyclic amines) is 1. The van der Waals surface area contributed by atoms with Gasteiger partial charge in [0, 0.05) is 20.1 Å². The smallest absolute Gasteiger partial charge is 0.210 e. The Balaban J connectivity index is 1.36. The molecule has 4 nitrogen and oxygen atoms in total. The van der Waals surface area contributed by atoms with Gasteiger partial charge in [-0.2, -0.15) is 0 Å². The quantitative estimate of drug-likeness (QED) is 0.759. The summed E-state index contributed by atoms with van der Waals surface area (Å²) in [4.78, 5) is 2.42. The molecule has 1 saturated heterocycles. The molecule has 1 aliphatic carbocycles. The van der Waals surface area contributed by atoms with Crippen LogP contribution in [0.15, 0.2) is 30.3 Å². The van der Waals surface area contributed by atoms with Gasteiger partial charge >= 0.3 is 0 Å². The van der Waals surface area contributed by atoms with E-state index in [2.05, 4.69) is 35.2 Å². The minimum Gasteiger partial charge on any atom is -0.302 e. The van der Waals surface area contributed by atoms with Gasteiger partial charge in [0.05, 0.1) is 6.26 Å². The van der Waals surface area contributed by atoms with E-state index in [1.54, 1.807) is 7.05 Å². The van der Waals surface area contributed by atoms with Crippen molar-refractivity contribution >= 4 is 10.0 Å². The lowest BCUT2D eigenvalue weighted by atomic mass is 9.90. The summed E-state index contributed by atoms with van der Waals surface area (Å²) >= 11 is 0. The summed E-state index contributed by atoms with van der Waals surface area (Å²) in [5.74, 6) is 2.54. The van der Waals surface area contributed by atoms with E-state index in [-0.39, 0.29) is 0 Å². The van der Waals surface area contributed by atoms with Gasteiger partial charge in [-0.25, -0.2) is 12.7 Å². The van der Waals surface area contributed by atoms with Crippen LogP contribution in [0.1, 0.15) is 37.2 Å². The number of rotatable bonds is 7.